The van der Waals surface area contributed by atoms with Crippen LogP contribution in [0.5, 0.6) is 11.5 Å². The van der Waals surface area contributed by atoms with Gasteiger partial charge >= 0.3 is 0 Å². The van der Waals surface area contributed by atoms with Gasteiger partial charge in [-0.15, -0.1) is 0 Å². The number of hydrogen-bond donors (Lipinski definition) is 1. The van der Waals surface area contributed by atoms with E-state index in [1.54, 1.807) is 18.2 Å². The Bertz CT molecular complexity index is 1220. The van der Waals surface area contributed by atoms with Crippen molar-refractivity contribution in [2.24, 2.45) is 0 Å². The average molecular weight is 386 g/mol. The molecule has 0 unspecified atom stereocenters. The van der Waals surface area contributed by atoms with Gasteiger partial charge < -0.3 is 9.47 Å². The first-order valence-corrected chi connectivity index (χ1v) is 9.84. The van der Waals surface area contributed by atoms with Crippen LogP contribution >= 0.6 is 11.3 Å². The highest BCUT2D eigenvalue weighted by Gasteiger charge is 2.26. The molecule has 0 radical (unpaired) electrons. The van der Waals surface area contributed by atoms with Gasteiger partial charge in [-0.1, -0.05) is 47.7 Å². The van der Waals surface area contributed by atoms with E-state index in [4.69, 9.17) is 14.5 Å². The minimum absolute atomic E-state index is 0.212. The van der Waals surface area contributed by atoms with Crippen LogP contribution in [-0.2, 0) is 0 Å². The Morgan fingerprint density at radius 1 is 0.964 bits per heavy atom. The lowest BCUT2D eigenvalue weighted by atomic mass is 10.0. The van der Waals surface area contributed by atoms with Crippen molar-refractivity contribution in [2.75, 3.05) is 18.5 Å². The molecule has 0 saturated carbocycles. The number of thiazole rings is 1. The van der Waals surface area contributed by atoms with Crippen molar-refractivity contribution >= 4 is 33.1 Å². The first-order valence-electron chi connectivity index (χ1n) is 9.02. The molecule has 3 aromatic carbocycles. The highest BCUT2D eigenvalue weighted by atomic mass is 32.1. The van der Waals surface area contributed by atoms with E-state index in [1.165, 1.54) is 27.7 Å². The predicted molar refractivity (Wildman–Crippen MR) is 109 cm³/mol. The molecule has 28 heavy (non-hydrogen) atoms. The average Bonchev–Trinajstić information content (AvgIpc) is 3.27. The van der Waals surface area contributed by atoms with Crippen LogP contribution in [0, 0.1) is 0 Å². The van der Waals surface area contributed by atoms with Gasteiger partial charge in [-0.25, -0.2) is 4.98 Å². The standard InChI is InChI=1S/C22H14N2O3S/c25-21(13-7-8-16-17(11-13)27-10-9-26-16)24-22-23-19-14-5-1-3-12-4-2-6-15(18(12)14)20(19)28-22/h1-8,11H,9-10H2,(H,23,24,25). The SMILES string of the molecule is O=C(Nc1nc2c(s1)-c1cccc3cccc-2c13)c1ccc2c(c1)OCCO2. The summed E-state index contributed by atoms with van der Waals surface area (Å²) in [6.07, 6.45) is 0. The number of carbonyl (C=O) groups excluding carboxylic acids is 1. The Labute approximate surface area is 164 Å². The zero-order chi connectivity index (χ0) is 18.7. The van der Waals surface area contributed by atoms with Gasteiger partial charge in [0.1, 0.15) is 13.2 Å². The topological polar surface area (TPSA) is 60.5 Å². The maximum atomic E-state index is 12.7. The molecule has 0 saturated heterocycles. The molecule has 1 aliphatic carbocycles. The van der Waals surface area contributed by atoms with Gasteiger partial charge in [-0.05, 0) is 29.0 Å². The third-order valence-corrected chi connectivity index (χ3v) is 6.06. The van der Waals surface area contributed by atoms with Crippen LogP contribution in [0.4, 0.5) is 5.13 Å². The summed E-state index contributed by atoms with van der Waals surface area (Å²) in [5.74, 6) is 1.05. The minimum Gasteiger partial charge on any atom is -0.486 e. The fraction of sp³-hybridized carbons (Fsp3) is 0.0909. The van der Waals surface area contributed by atoms with Gasteiger partial charge in [0.2, 0.25) is 0 Å². The maximum Gasteiger partial charge on any atom is 0.257 e. The Morgan fingerprint density at radius 3 is 2.61 bits per heavy atom. The van der Waals surface area contributed by atoms with Crippen molar-refractivity contribution in [1.82, 2.24) is 4.98 Å². The van der Waals surface area contributed by atoms with Crippen LogP contribution in [0.1, 0.15) is 10.4 Å². The lowest BCUT2D eigenvalue weighted by Crippen LogP contribution is -2.17. The van der Waals surface area contributed by atoms with Crippen molar-refractivity contribution in [3.63, 3.8) is 0 Å². The quantitative estimate of drug-likeness (QED) is 0.465. The molecule has 0 bridgehead atoms. The molecule has 1 aromatic heterocycles. The number of nitrogens with one attached hydrogen (secondary N) is 1. The number of carbonyl (C=O) groups is 1. The van der Waals surface area contributed by atoms with Gasteiger partial charge in [-0.2, -0.15) is 0 Å². The number of rotatable bonds is 2. The molecule has 136 valence electrons. The Balaban J connectivity index is 1.34. The van der Waals surface area contributed by atoms with E-state index < -0.39 is 0 Å². The molecule has 0 spiro atoms. The van der Waals surface area contributed by atoms with E-state index in [2.05, 4.69) is 35.6 Å². The number of anilines is 1. The number of ether oxygens (including phenoxy) is 2. The van der Waals surface area contributed by atoms with Gasteiger partial charge in [0.05, 0.1) is 10.6 Å². The highest BCUT2D eigenvalue weighted by molar-refractivity contribution is 7.20. The third kappa shape index (κ3) is 2.25. The number of aromatic nitrogens is 1. The number of amides is 1. The number of hydrogen-bond acceptors (Lipinski definition) is 5. The van der Waals surface area contributed by atoms with E-state index >= 15 is 0 Å². The summed E-state index contributed by atoms with van der Waals surface area (Å²) < 4.78 is 11.1. The lowest BCUT2D eigenvalue weighted by molar-refractivity contribution is 0.102. The molecule has 1 amide bonds. The predicted octanol–water partition coefficient (Wildman–Crippen LogP) is 4.97. The fourth-order valence-corrected chi connectivity index (χ4v) is 4.83. The van der Waals surface area contributed by atoms with Crippen molar-refractivity contribution in [3.8, 4) is 33.2 Å². The number of benzene rings is 3. The second-order valence-corrected chi connectivity index (χ2v) is 7.72. The molecule has 1 aliphatic heterocycles. The highest BCUT2D eigenvalue weighted by Crippen LogP contribution is 2.50. The van der Waals surface area contributed by atoms with E-state index in [0.29, 0.717) is 35.4 Å². The van der Waals surface area contributed by atoms with Crippen molar-refractivity contribution in [2.45, 2.75) is 0 Å². The Hall–Kier alpha value is -3.38. The molecule has 6 heteroatoms. The molecule has 0 fully saturated rings. The molecule has 6 rings (SSSR count). The van der Waals surface area contributed by atoms with Crippen LogP contribution in [0.15, 0.2) is 54.6 Å². The first kappa shape index (κ1) is 15.7. The summed E-state index contributed by atoms with van der Waals surface area (Å²) in [5, 5.41) is 5.97. The van der Waals surface area contributed by atoms with Crippen molar-refractivity contribution in [3.05, 3.63) is 60.2 Å². The Morgan fingerprint density at radius 2 is 1.75 bits per heavy atom. The van der Waals surface area contributed by atoms with E-state index in [9.17, 15) is 4.79 Å². The molecule has 0 atom stereocenters. The molecule has 5 nitrogen and oxygen atoms in total. The van der Waals surface area contributed by atoms with Gasteiger partial charge in [0.15, 0.2) is 16.6 Å². The molecule has 4 aromatic rings. The van der Waals surface area contributed by atoms with Crippen molar-refractivity contribution in [1.29, 1.82) is 0 Å². The summed E-state index contributed by atoms with van der Waals surface area (Å²) in [6, 6.07) is 17.7. The molecule has 1 N–H and O–H groups in total. The fourth-order valence-electron chi connectivity index (χ4n) is 3.82. The van der Waals surface area contributed by atoms with E-state index in [1.807, 2.05) is 6.07 Å². The molecular weight excluding hydrogens is 372 g/mol. The van der Waals surface area contributed by atoms with Crippen LogP contribution in [0.25, 0.3) is 32.5 Å². The minimum atomic E-state index is -0.212. The molecular formula is C22H14N2O3S. The zero-order valence-electron chi connectivity index (χ0n) is 14.7. The lowest BCUT2D eigenvalue weighted by Gasteiger charge is -2.18. The number of fused-ring (bicyclic) bond motifs is 4. The van der Waals surface area contributed by atoms with Gasteiger partial charge in [-0.3, -0.25) is 10.1 Å². The molecule has 2 heterocycles. The summed E-state index contributed by atoms with van der Waals surface area (Å²) >= 11 is 1.50. The van der Waals surface area contributed by atoms with Crippen LogP contribution in [0.2, 0.25) is 0 Å². The zero-order valence-corrected chi connectivity index (χ0v) is 15.5. The van der Waals surface area contributed by atoms with Gasteiger partial charge in [0.25, 0.3) is 5.91 Å². The maximum absolute atomic E-state index is 12.7. The molecule has 2 aliphatic rings. The van der Waals surface area contributed by atoms with Crippen LogP contribution in [0.3, 0.4) is 0 Å². The van der Waals surface area contributed by atoms with Crippen LogP contribution < -0.4 is 14.8 Å². The van der Waals surface area contributed by atoms with Gasteiger partial charge in [0, 0.05) is 16.7 Å². The van der Waals surface area contributed by atoms with Crippen LogP contribution in [-0.4, -0.2) is 24.1 Å². The third-order valence-electron chi connectivity index (χ3n) is 5.06. The van der Waals surface area contributed by atoms with E-state index in [0.717, 1.165) is 16.1 Å². The largest absolute Gasteiger partial charge is 0.486 e. The van der Waals surface area contributed by atoms with E-state index in [-0.39, 0.29) is 5.91 Å². The summed E-state index contributed by atoms with van der Waals surface area (Å²) in [4.78, 5) is 18.5. The second kappa shape index (κ2) is 5.81. The summed E-state index contributed by atoms with van der Waals surface area (Å²) in [5.41, 5.74) is 3.76. The van der Waals surface area contributed by atoms with Crippen molar-refractivity contribution < 1.29 is 14.3 Å². The summed E-state index contributed by atoms with van der Waals surface area (Å²) in [7, 11) is 0. The summed E-state index contributed by atoms with van der Waals surface area (Å²) in [6.45, 7) is 1.01. The monoisotopic (exact) mass is 386 g/mol. The smallest absolute Gasteiger partial charge is 0.257 e. The second-order valence-electron chi connectivity index (χ2n) is 6.72. The first-order chi connectivity index (χ1) is 13.8. The number of nitrogens with zero attached hydrogens (tertiary/aromatic N) is 1. The normalized spacial score (nSPS) is 13.4. The Kier molecular flexibility index (Phi) is 3.25.